The molecule has 0 aliphatic carbocycles. The van der Waals surface area contributed by atoms with Crippen LogP contribution in [0, 0.1) is 0 Å². The zero-order chi connectivity index (χ0) is 15.6. The van der Waals surface area contributed by atoms with Crippen molar-refractivity contribution < 1.29 is 18.3 Å². The lowest BCUT2D eigenvalue weighted by molar-refractivity contribution is 0.257. The van der Waals surface area contributed by atoms with Gasteiger partial charge in [0.15, 0.2) is 5.75 Å². The number of benzene rings is 1. The number of anilines is 1. The van der Waals surface area contributed by atoms with Crippen LogP contribution in [0.3, 0.4) is 0 Å². The Bertz CT molecular complexity index is 646. The summed E-state index contributed by atoms with van der Waals surface area (Å²) >= 11 is 5.63. The summed E-state index contributed by atoms with van der Waals surface area (Å²) in [6.07, 6.45) is 0. The summed E-state index contributed by atoms with van der Waals surface area (Å²) < 4.78 is 26.7. The Kier molecular flexibility index (Phi) is 4.57. The van der Waals surface area contributed by atoms with E-state index in [1.807, 2.05) is 0 Å². The number of phenols is 1. The Morgan fingerprint density at radius 2 is 2.00 bits per heavy atom. The zero-order valence-electron chi connectivity index (χ0n) is 11.0. The number of urea groups is 1. The second-order valence-electron chi connectivity index (χ2n) is 4.40. The molecule has 1 aromatic carbocycles. The molecule has 0 saturated carbocycles. The van der Waals surface area contributed by atoms with Crippen molar-refractivity contribution in [3.8, 4) is 5.75 Å². The van der Waals surface area contributed by atoms with Gasteiger partial charge in [-0.2, -0.15) is 8.72 Å². The lowest BCUT2D eigenvalue weighted by atomic mass is 10.3. The van der Waals surface area contributed by atoms with Crippen LogP contribution in [0.1, 0.15) is 0 Å². The molecule has 10 heteroatoms. The first-order chi connectivity index (χ1) is 9.85. The Balaban J connectivity index is 2.44. The average molecular weight is 335 g/mol. The standard InChI is InChI=1S/C11H15ClN4O4S/c12-16(11(13)18)8-2-1-3-9(10(8)17)21(19,20)15-6-4-14-5-7-15/h1-3,14,17H,4-7H2,(H2,13,18). The van der Waals surface area contributed by atoms with Gasteiger partial charge in [-0.15, -0.1) is 0 Å². The number of hydrogen-bond acceptors (Lipinski definition) is 5. The van der Waals surface area contributed by atoms with Gasteiger partial charge in [-0.25, -0.2) is 13.2 Å². The number of halogens is 1. The SMILES string of the molecule is NC(=O)N(Cl)c1cccc(S(=O)(=O)N2CCNCC2)c1O. The van der Waals surface area contributed by atoms with Crippen LogP contribution in [0.25, 0.3) is 0 Å². The number of nitrogens with two attached hydrogens (primary N) is 1. The maximum absolute atomic E-state index is 12.5. The topological polar surface area (TPSA) is 116 Å². The van der Waals surface area contributed by atoms with E-state index in [9.17, 15) is 18.3 Å². The van der Waals surface area contributed by atoms with Gasteiger partial charge in [0.25, 0.3) is 0 Å². The quantitative estimate of drug-likeness (QED) is 0.674. The van der Waals surface area contributed by atoms with E-state index >= 15 is 0 Å². The van der Waals surface area contributed by atoms with Crippen molar-refractivity contribution in [2.24, 2.45) is 5.73 Å². The minimum absolute atomic E-state index is 0.180. The molecule has 2 amide bonds. The van der Waals surface area contributed by atoms with E-state index in [1.165, 1.54) is 22.5 Å². The number of amides is 2. The van der Waals surface area contributed by atoms with Crippen LogP contribution in [0.5, 0.6) is 5.75 Å². The van der Waals surface area contributed by atoms with Gasteiger partial charge < -0.3 is 16.2 Å². The predicted molar refractivity (Wildman–Crippen MR) is 77.7 cm³/mol. The van der Waals surface area contributed by atoms with E-state index in [0.717, 1.165) is 0 Å². The fourth-order valence-electron chi connectivity index (χ4n) is 2.02. The van der Waals surface area contributed by atoms with Gasteiger partial charge in [0.2, 0.25) is 10.0 Å². The molecule has 21 heavy (non-hydrogen) atoms. The van der Waals surface area contributed by atoms with Crippen LogP contribution in [0.2, 0.25) is 0 Å². The number of para-hydroxylation sites is 1. The number of sulfonamides is 1. The molecule has 0 bridgehead atoms. The molecule has 2 rings (SSSR count). The molecule has 1 saturated heterocycles. The maximum atomic E-state index is 12.5. The third kappa shape index (κ3) is 3.05. The lowest BCUT2D eigenvalue weighted by Gasteiger charge is -2.27. The van der Waals surface area contributed by atoms with E-state index in [2.05, 4.69) is 5.32 Å². The van der Waals surface area contributed by atoms with Crippen molar-refractivity contribution in [1.29, 1.82) is 0 Å². The van der Waals surface area contributed by atoms with Crippen LogP contribution in [-0.4, -0.2) is 50.0 Å². The van der Waals surface area contributed by atoms with Crippen LogP contribution < -0.4 is 15.5 Å². The summed E-state index contributed by atoms with van der Waals surface area (Å²) in [4.78, 5) is 10.7. The average Bonchev–Trinajstić information content (AvgIpc) is 2.47. The highest BCUT2D eigenvalue weighted by molar-refractivity contribution is 7.89. The van der Waals surface area contributed by atoms with E-state index in [4.69, 9.17) is 17.5 Å². The molecule has 0 atom stereocenters. The first kappa shape index (κ1) is 15.8. The van der Waals surface area contributed by atoms with Gasteiger partial charge in [0.05, 0.1) is 0 Å². The van der Waals surface area contributed by atoms with Gasteiger partial charge in [0.1, 0.15) is 10.6 Å². The molecule has 1 fully saturated rings. The normalized spacial score (nSPS) is 16.6. The van der Waals surface area contributed by atoms with Crippen LogP contribution in [-0.2, 0) is 10.0 Å². The molecule has 0 unspecified atom stereocenters. The minimum atomic E-state index is -3.87. The zero-order valence-corrected chi connectivity index (χ0v) is 12.6. The molecule has 0 aromatic heterocycles. The maximum Gasteiger partial charge on any atom is 0.334 e. The summed E-state index contributed by atoms with van der Waals surface area (Å²) in [7, 11) is -3.87. The van der Waals surface area contributed by atoms with E-state index in [1.54, 1.807) is 0 Å². The molecular formula is C11H15ClN4O4S. The predicted octanol–water partition coefficient (Wildman–Crippen LogP) is 0.0250. The molecule has 1 aliphatic rings. The Morgan fingerprint density at radius 1 is 1.38 bits per heavy atom. The van der Waals surface area contributed by atoms with Crippen molar-refractivity contribution in [3.05, 3.63) is 18.2 Å². The molecule has 4 N–H and O–H groups in total. The van der Waals surface area contributed by atoms with Crippen molar-refractivity contribution in [3.63, 3.8) is 0 Å². The van der Waals surface area contributed by atoms with E-state index in [-0.39, 0.29) is 10.6 Å². The number of carbonyl (C=O) groups is 1. The van der Waals surface area contributed by atoms with Gasteiger partial charge in [0, 0.05) is 38.0 Å². The highest BCUT2D eigenvalue weighted by atomic mass is 35.5. The highest BCUT2D eigenvalue weighted by Crippen LogP contribution is 2.36. The number of nitrogens with zero attached hydrogens (tertiary/aromatic N) is 2. The second kappa shape index (κ2) is 6.06. The Morgan fingerprint density at radius 3 is 2.57 bits per heavy atom. The minimum Gasteiger partial charge on any atom is -0.504 e. The number of primary amides is 1. The summed E-state index contributed by atoms with van der Waals surface area (Å²) in [5, 5.41) is 13.2. The summed E-state index contributed by atoms with van der Waals surface area (Å²) in [5.74, 6) is -0.607. The monoisotopic (exact) mass is 334 g/mol. The van der Waals surface area contributed by atoms with Crippen LogP contribution >= 0.6 is 11.8 Å². The third-order valence-electron chi connectivity index (χ3n) is 3.08. The molecular weight excluding hydrogens is 320 g/mol. The van der Waals surface area contributed by atoms with Gasteiger partial charge in [-0.05, 0) is 12.1 Å². The summed E-state index contributed by atoms with van der Waals surface area (Å²) in [5.41, 5.74) is 4.83. The largest absolute Gasteiger partial charge is 0.504 e. The number of carbonyl (C=O) groups excluding carboxylic acids is 1. The van der Waals surface area contributed by atoms with Crippen molar-refractivity contribution >= 4 is 33.5 Å². The molecule has 116 valence electrons. The number of rotatable bonds is 3. The van der Waals surface area contributed by atoms with Gasteiger partial charge in [-0.3, -0.25) is 0 Å². The molecule has 8 nitrogen and oxygen atoms in total. The Hall–Kier alpha value is -1.55. The number of phenolic OH excluding ortho intramolecular Hbond substituents is 1. The third-order valence-corrected chi connectivity index (χ3v) is 5.36. The molecule has 1 aliphatic heterocycles. The van der Waals surface area contributed by atoms with Crippen LogP contribution in [0.15, 0.2) is 23.1 Å². The van der Waals surface area contributed by atoms with E-state index < -0.39 is 21.8 Å². The van der Waals surface area contributed by atoms with Gasteiger partial charge in [-0.1, -0.05) is 6.07 Å². The Labute approximate surface area is 127 Å². The van der Waals surface area contributed by atoms with E-state index in [0.29, 0.717) is 30.6 Å². The molecule has 0 spiro atoms. The van der Waals surface area contributed by atoms with Crippen molar-refractivity contribution in [2.75, 3.05) is 30.6 Å². The second-order valence-corrected chi connectivity index (χ2v) is 6.64. The fraction of sp³-hybridized carbons (Fsp3) is 0.364. The number of piperazine rings is 1. The molecule has 1 aromatic rings. The number of aromatic hydroxyl groups is 1. The smallest absolute Gasteiger partial charge is 0.334 e. The molecule has 0 radical (unpaired) electrons. The fourth-order valence-corrected chi connectivity index (χ4v) is 3.70. The first-order valence-corrected chi connectivity index (χ1v) is 7.91. The lowest BCUT2D eigenvalue weighted by Crippen LogP contribution is -2.46. The van der Waals surface area contributed by atoms with Gasteiger partial charge >= 0.3 is 6.03 Å². The first-order valence-electron chi connectivity index (χ1n) is 6.14. The van der Waals surface area contributed by atoms with Crippen LogP contribution in [0.4, 0.5) is 10.5 Å². The van der Waals surface area contributed by atoms with Crippen molar-refractivity contribution in [2.45, 2.75) is 4.90 Å². The molecule has 1 heterocycles. The van der Waals surface area contributed by atoms with Crippen molar-refractivity contribution in [1.82, 2.24) is 9.62 Å². The number of nitrogens with one attached hydrogen (secondary N) is 1. The highest BCUT2D eigenvalue weighted by Gasteiger charge is 2.30. The number of hydrogen-bond donors (Lipinski definition) is 3. The summed E-state index contributed by atoms with van der Waals surface area (Å²) in [6.45, 7) is 1.66. The summed E-state index contributed by atoms with van der Waals surface area (Å²) in [6, 6.07) is 2.90.